The van der Waals surface area contributed by atoms with E-state index in [1.807, 2.05) is 36.5 Å². The third kappa shape index (κ3) is 3.65. The van der Waals surface area contributed by atoms with E-state index in [-0.39, 0.29) is 0 Å². The molecule has 2 heterocycles. The lowest BCUT2D eigenvalue weighted by molar-refractivity contribution is 0.171. The van der Waals surface area contributed by atoms with E-state index in [0.717, 1.165) is 36.5 Å². The molecule has 1 aliphatic heterocycles. The van der Waals surface area contributed by atoms with Gasteiger partial charge in [-0.25, -0.2) is 0 Å². The second-order valence-corrected chi connectivity index (χ2v) is 5.26. The smallest absolute Gasteiger partial charge is 0.179 e. The fourth-order valence-corrected chi connectivity index (χ4v) is 2.55. The molecule has 0 unspecified atom stereocenters. The summed E-state index contributed by atoms with van der Waals surface area (Å²) < 4.78 is 11.1. The molecular formula is C16H17ClN2O2. The fraction of sp³-hybridized carbons (Fsp3) is 0.312. The number of hydrogen-bond donors (Lipinski definition) is 1. The van der Waals surface area contributed by atoms with Crippen molar-refractivity contribution in [2.45, 2.75) is 13.0 Å². The van der Waals surface area contributed by atoms with Gasteiger partial charge < -0.3 is 14.8 Å². The summed E-state index contributed by atoms with van der Waals surface area (Å²) >= 11 is 6.21. The highest BCUT2D eigenvalue weighted by Gasteiger charge is 2.16. The first-order valence-electron chi connectivity index (χ1n) is 7.01. The maximum Gasteiger partial charge on any atom is 0.179 e. The predicted octanol–water partition coefficient (Wildman–Crippen LogP) is 2.84. The number of fused-ring (bicyclic) bond motifs is 1. The molecular weight excluding hydrogens is 288 g/mol. The molecule has 0 aliphatic carbocycles. The van der Waals surface area contributed by atoms with E-state index < -0.39 is 0 Å². The topological polar surface area (TPSA) is 43.4 Å². The van der Waals surface area contributed by atoms with Gasteiger partial charge in [0.05, 0.1) is 5.02 Å². The lowest BCUT2D eigenvalue weighted by Gasteiger charge is -2.20. The largest absolute Gasteiger partial charge is 0.486 e. The first kappa shape index (κ1) is 14.2. The normalized spacial score (nSPS) is 13.2. The summed E-state index contributed by atoms with van der Waals surface area (Å²) in [6, 6.07) is 9.86. The number of rotatable bonds is 5. The van der Waals surface area contributed by atoms with Gasteiger partial charge in [0.2, 0.25) is 0 Å². The number of benzene rings is 1. The number of aromatic nitrogens is 1. The van der Waals surface area contributed by atoms with Gasteiger partial charge in [0.25, 0.3) is 0 Å². The zero-order chi connectivity index (χ0) is 14.5. The molecule has 2 aromatic rings. The monoisotopic (exact) mass is 304 g/mol. The molecule has 21 heavy (non-hydrogen) atoms. The zero-order valence-electron chi connectivity index (χ0n) is 11.6. The molecule has 0 saturated carbocycles. The Kier molecular flexibility index (Phi) is 4.58. The Hall–Kier alpha value is -1.78. The van der Waals surface area contributed by atoms with Crippen LogP contribution in [0, 0.1) is 0 Å². The van der Waals surface area contributed by atoms with Gasteiger partial charge in [0.1, 0.15) is 13.2 Å². The molecule has 4 nitrogen and oxygen atoms in total. The summed E-state index contributed by atoms with van der Waals surface area (Å²) in [7, 11) is 0. The van der Waals surface area contributed by atoms with Crippen molar-refractivity contribution in [3.05, 3.63) is 52.8 Å². The third-order valence-corrected chi connectivity index (χ3v) is 3.55. The summed E-state index contributed by atoms with van der Waals surface area (Å²) in [5.74, 6) is 1.38. The van der Waals surface area contributed by atoms with Crippen LogP contribution in [0.1, 0.15) is 11.3 Å². The Labute approximate surface area is 129 Å². The Morgan fingerprint density at radius 1 is 1.19 bits per heavy atom. The van der Waals surface area contributed by atoms with E-state index in [1.165, 1.54) is 0 Å². The molecule has 1 aliphatic rings. The molecule has 0 saturated heterocycles. The van der Waals surface area contributed by atoms with E-state index in [1.54, 1.807) is 0 Å². The van der Waals surface area contributed by atoms with Crippen LogP contribution in [0.5, 0.6) is 11.5 Å². The fourth-order valence-electron chi connectivity index (χ4n) is 2.26. The zero-order valence-corrected chi connectivity index (χ0v) is 12.4. The van der Waals surface area contributed by atoms with Crippen molar-refractivity contribution >= 4 is 11.6 Å². The van der Waals surface area contributed by atoms with Gasteiger partial charge in [-0.05, 0) is 29.8 Å². The summed E-state index contributed by atoms with van der Waals surface area (Å²) in [4.78, 5) is 4.30. The average Bonchev–Trinajstić information content (AvgIpc) is 2.53. The van der Waals surface area contributed by atoms with Crippen molar-refractivity contribution in [3.63, 3.8) is 0 Å². The highest BCUT2D eigenvalue weighted by atomic mass is 35.5. The SMILES string of the molecule is Clc1cc(CNCCc2ccccn2)cc2c1OCCO2. The minimum absolute atomic E-state index is 0.550. The number of ether oxygens (including phenoxy) is 2. The van der Waals surface area contributed by atoms with Crippen LogP contribution < -0.4 is 14.8 Å². The lowest BCUT2D eigenvalue weighted by atomic mass is 10.2. The van der Waals surface area contributed by atoms with Crippen LogP contribution in [0.2, 0.25) is 5.02 Å². The van der Waals surface area contributed by atoms with E-state index in [2.05, 4.69) is 10.3 Å². The van der Waals surface area contributed by atoms with Crippen molar-refractivity contribution in [3.8, 4) is 11.5 Å². The Balaban J connectivity index is 1.55. The van der Waals surface area contributed by atoms with Gasteiger partial charge in [0.15, 0.2) is 11.5 Å². The van der Waals surface area contributed by atoms with E-state index >= 15 is 0 Å². The van der Waals surface area contributed by atoms with Crippen LogP contribution >= 0.6 is 11.6 Å². The van der Waals surface area contributed by atoms with Crippen molar-refractivity contribution in [2.24, 2.45) is 0 Å². The molecule has 0 amide bonds. The number of pyridine rings is 1. The summed E-state index contributed by atoms with van der Waals surface area (Å²) in [6.45, 7) is 2.72. The Morgan fingerprint density at radius 3 is 2.95 bits per heavy atom. The van der Waals surface area contributed by atoms with Crippen LogP contribution in [-0.4, -0.2) is 24.7 Å². The van der Waals surface area contributed by atoms with Gasteiger partial charge in [-0.2, -0.15) is 0 Å². The minimum atomic E-state index is 0.550. The molecule has 1 aromatic carbocycles. The molecule has 0 bridgehead atoms. The summed E-state index contributed by atoms with van der Waals surface area (Å²) in [5, 5.41) is 3.99. The molecule has 5 heteroatoms. The standard InChI is InChI=1S/C16H17ClN2O2/c17-14-9-12(10-15-16(14)21-8-7-20-15)11-18-6-4-13-3-1-2-5-19-13/h1-3,5,9-10,18H,4,6-8,11H2. The Morgan fingerprint density at radius 2 is 2.10 bits per heavy atom. The summed E-state index contributed by atoms with van der Waals surface area (Å²) in [5.41, 5.74) is 2.18. The molecule has 0 spiro atoms. The quantitative estimate of drug-likeness (QED) is 0.863. The van der Waals surface area contributed by atoms with Crippen molar-refractivity contribution in [2.75, 3.05) is 19.8 Å². The van der Waals surface area contributed by atoms with Crippen molar-refractivity contribution in [1.82, 2.24) is 10.3 Å². The Bertz CT molecular complexity index is 605. The lowest BCUT2D eigenvalue weighted by Crippen LogP contribution is -2.19. The predicted molar refractivity (Wildman–Crippen MR) is 82.1 cm³/mol. The van der Waals surface area contributed by atoms with E-state index in [9.17, 15) is 0 Å². The van der Waals surface area contributed by atoms with Gasteiger partial charge in [-0.3, -0.25) is 4.98 Å². The highest BCUT2D eigenvalue weighted by Crippen LogP contribution is 2.38. The van der Waals surface area contributed by atoms with Gasteiger partial charge in [0, 0.05) is 31.4 Å². The molecule has 3 rings (SSSR count). The first-order chi connectivity index (χ1) is 10.3. The molecule has 0 fully saturated rings. The second kappa shape index (κ2) is 6.78. The van der Waals surface area contributed by atoms with Crippen molar-refractivity contribution < 1.29 is 9.47 Å². The number of nitrogens with one attached hydrogen (secondary N) is 1. The molecule has 1 N–H and O–H groups in total. The number of nitrogens with zero attached hydrogens (tertiary/aromatic N) is 1. The van der Waals surface area contributed by atoms with E-state index in [0.29, 0.717) is 24.0 Å². The van der Waals surface area contributed by atoms with Crippen LogP contribution in [0.15, 0.2) is 36.5 Å². The van der Waals surface area contributed by atoms with Crippen LogP contribution in [0.25, 0.3) is 0 Å². The van der Waals surface area contributed by atoms with Crippen molar-refractivity contribution in [1.29, 1.82) is 0 Å². The minimum Gasteiger partial charge on any atom is -0.486 e. The second-order valence-electron chi connectivity index (χ2n) is 4.85. The summed E-state index contributed by atoms with van der Waals surface area (Å²) in [6.07, 6.45) is 2.72. The van der Waals surface area contributed by atoms with E-state index in [4.69, 9.17) is 21.1 Å². The number of hydrogen-bond acceptors (Lipinski definition) is 4. The van der Waals surface area contributed by atoms with Crippen LogP contribution in [0.3, 0.4) is 0 Å². The van der Waals surface area contributed by atoms with Gasteiger partial charge in [-0.1, -0.05) is 17.7 Å². The maximum absolute atomic E-state index is 6.21. The molecule has 0 atom stereocenters. The van der Waals surface area contributed by atoms with Crippen LogP contribution in [0.4, 0.5) is 0 Å². The molecule has 1 aromatic heterocycles. The first-order valence-corrected chi connectivity index (χ1v) is 7.39. The van der Waals surface area contributed by atoms with Crippen LogP contribution in [-0.2, 0) is 13.0 Å². The third-order valence-electron chi connectivity index (χ3n) is 3.27. The molecule has 110 valence electrons. The highest BCUT2D eigenvalue weighted by molar-refractivity contribution is 6.32. The molecule has 0 radical (unpaired) electrons. The average molecular weight is 305 g/mol. The van der Waals surface area contributed by atoms with Gasteiger partial charge in [-0.15, -0.1) is 0 Å². The van der Waals surface area contributed by atoms with Gasteiger partial charge >= 0.3 is 0 Å². The maximum atomic E-state index is 6.21. The number of halogens is 1.